The van der Waals surface area contributed by atoms with Crippen molar-refractivity contribution in [1.29, 1.82) is 0 Å². The summed E-state index contributed by atoms with van der Waals surface area (Å²) in [6, 6.07) is 12.4. The first-order valence-corrected chi connectivity index (χ1v) is 8.62. The summed E-state index contributed by atoms with van der Waals surface area (Å²) in [6.45, 7) is 2.53. The number of hydrogen-bond acceptors (Lipinski definition) is 3. The van der Waals surface area contributed by atoms with Crippen LogP contribution >= 0.6 is 15.9 Å². The van der Waals surface area contributed by atoms with E-state index in [1.54, 1.807) is 0 Å². The number of benzene rings is 1. The summed E-state index contributed by atoms with van der Waals surface area (Å²) in [4.78, 5) is 4.44. The number of hydrogen-bond donors (Lipinski definition) is 1. The molecule has 0 saturated heterocycles. The van der Waals surface area contributed by atoms with Gasteiger partial charge in [0.05, 0.1) is 18.5 Å². The smallest absolute Gasteiger partial charge is 0.138 e. The van der Waals surface area contributed by atoms with Crippen LogP contribution < -0.4 is 10.1 Å². The Kier molecular flexibility index (Phi) is 4.06. The summed E-state index contributed by atoms with van der Waals surface area (Å²) in [6.07, 6.45) is 5.05. The zero-order valence-electron chi connectivity index (χ0n) is 12.7. The molecular formula is C18H18BrN3O. The van der Waals surface area contributed by atoms with E-state index in [0.717, 1.165) is 42.0 Å². The van der Waals surface area contributed by atoms with Gasteiger partial charge in [-0.25, -0.2) is 4.98 Å². The number of para-hydroxylation sites is 1. The topological polar surface area (TPSA) is 38.6 Å². The quantitative estimate of drug-likeness (QED) is 0.763. The first kappa shape index (κ1) is 14.7. The van der Waals surface area contributed by atoms with Gasteiger partial charge in [0.25, 0.3) is 0 Å². The van der Waals surface area contributed by atoms with Crippen molar-refractivity contribution in [2.45, 2.75) is 13.0 Å². The number of imidazole rings is 1. The van der Waals surface area contributed by atoms with Gasteiger partial charge in [-0.05, 0) is 30.2 Å². The molecule has 1 aliphatic rings. The van der Waals surface area contributed by atoms with E-state index < -0.39 is 0 Å². The molecule has 0 fully saturated rings. The van der Waals surface area contributed by atoms with Crippen molar-refractivity contribution in [3.63, 3.8) is 0 Å². The fourth-order valence-corrected chi connectivity index (χ4v) is 3.39. The van der Waals surface area contributed by atoms with E-state index in [2.05, 4.69) is 48.8 Å². The maximum absolute atomic E-state index is 5.84. The van der Waals surface area contributed by atoms with Crippen molar-refractivity contribution >= 4 is 21.6 Å². The predicted octanol–water partition coefficient (Wildman–Crippen LogP) is 3.44. The average molecular weight is 372 g/mol. The minimum atomic E-state index is 0.512. The maximum atomic E-state index is 5.84. The first-order valence-electron chi connectivity index (χ1n) is 7.82. The summed E-state index contributed by atoms with van der Waals surface area (Å²) in [5.41, 5.74) is 3.45. The third kappa shape index (κ3) is 3.12. The molecule has 1 N–H and O–H groups in total. The Morgan fingerprint density at radius 2 is 2.22 bits per heavy atom. The molecule has 1 aromatic carbocycles. The Hall–Kier alpha value is -1.85. The molecule has 0 saturated carbocycles. The van der Waals surface area contributed by atoms with Gasteiger partial charge in [-0.15, -0.1) is 0 Å². The molecule has 23 heavy (non-hydrogen) atoms. The zero-order valence-corrected chi connectivity index (χ0v) is 14.3. The average Bonchev–Trinajstić information content (AvgIpc) is 2.97. The number of fused-ring (bicyclic) bond motifs is 2. The normalized spacial score (nSPS) is 17.0. The molecule has 0 radical (unpaired) electrons. The Morgan fingerprint density at radius 1 is 1.30 bits per heavy atom. The Balaban J connectivity index is 1.37. The number of nitrogens with zero attached hydrogens (tertiary/aromatic N) is 2. The van der Waals surface area contributed by atoms with Gasteiger partial charge in [0.1, 0.15) is 11.4 Å². The molecule has 0 spiro atoms. The second-order valence-electron chi connectivity index (χ2n) is 5.94. The third-order valence-electron chi connectivity index (χ3n) is 4.25. The van der Waals surface area contributed by atoms with E-state index in [1.807, 2.05) is 30.6 Å². The van der Waals surface area contributed by atoms with Gasteiger partial charge >= 0.3 is 0 Å². The van der Waals surface area contributed by atoms with Gasteiger partial charge in [-0.3, -0.25) is 0 Å². The van der Waals surface area contributed by atoms with Gasteiger partial charge in [-0.2, -0.15) is 0 Å². The molecule has 3 heterocycles. The van der Waals surface area contributed by atoms with Gasteiger partial charge in [0.2, 0.25) is 0 Å². The molecular weight excluding hydrogens is 354 g/mol. The van der Waals surface area contributed by atoms with Crippen molar-refractivity contribution < 1.29 is 4.74 Å². The number of aromatic nitrogens is 2. The molecule has 2 aromatic heterocycles. The van der Waals surface area contributed by atoms with Crippen LogP contribution in [-0.2, 0) is 13.0 Å². The molecule has 0 aliphatic carbocycles. The molecule has 0 amide bonds. The van der Waals surface area contributed by atoms with E-state index in [9.17, 15) is 0 Å². The molecule has 118 valence electrons. The highest BCUT2D eigenvalue weighted by molar-refractivity contribution is 9.10. The fourth-order valence-electron chi connectivity index (χ4n) is 3.07. The minimum Gasteiger partial charge on any atom is -0.493 e. The van der Waals surface area contributed by atoms with Crippen LogP contribution in [0.3, 0.4) is 0 Å². The standard InChI is InChI=1S/C18H18BrN3O/c19-15-5-6-22-16(11-21-18(22)8-15)10-20-9-13-7-14-3-1-2-4-17(14)23-12-13/h1-6,8,11,13,20H,7,9-10,12H2. The van der Waals surface area contributed by atoms with Crippen molar-refractivity contribution in [3.8, 4) is 5.75 Å². The monoisotopic (exact) mass is 371 g/mol. The minimum absolute atomic E-state index is 0.512. The SMILES string of the molecule is Brc1ccn2c(CNCC3COc4ccccc4C3)cnc2c1. The highest BCUT2D eigenvalue weighted by Crippen LogP contribution is 2.26. The molecule has 4 rings (SSSR count). The summed E-state index contributed by atoms with van der Waals surface area (Å²) < 4.78 is 9.01. The zero-order chi connectivity index (χ0) is 15.6. The summed E-state index contributed by atoms with van der Waals surface area (Å²) in [5, 5.41) is 3.54. The highest BCUT2D eigenvalue weighted by atomic mass is 79.9. The molecule has 4 nitrogen and oxygen atoms in total. The van der Waals surface area contributed by atoms with Crippen LogP contribution in [0.4, 0.5) is 0 Å². The van der Waals surface area contributed by atoms with E-state index in [4.69, 9.17) is 4.74 Å². The van der Waals surface area contributed by atoms with Crippen molar-refractivity contribution in [2.75, 3.05) is 13.2 Å². The second-order valence-corrected chi connectivity index (χ2v) is 6.86. The van der Waals surface area contributed by atoms with Crippen molar-refractivity contribution in [2.24, 2.45) is 5.92 Å². The van der Waals surface area contributed by atoms with E-state index >= 15 is 0 Å². The van der Waals surface area contributed by atoms with Crippen LogP contribution in [0.25, 0.3) is 5.65 Å². The predicted molar refractivity (Wildman–Crippen MR) is 93.7 cm³/mol. The molecule has 1 unspecified atom stereocenters. The lowest BCUT2D eigenvalue weighted by Crippen LogP contribution is -2.31. The van der Waals surface area contributed by atoms with Gasteiger partial charge < -0.3 is 14.5 Å². The fraction of sp³-hybridized carbons (Fsp3) is 0.278. The third-order valence-corrected chi connectivity index (χ3v) is 4.74. The molecule has 1 aliphatic heterocycles. The number of ether oxygens (including phenoxy) is 1. The largest absolute Gasteiger partial charge is 0.493 e. The Labute approximate surface area is 143 Å². The Morgan fingerprint density at radius 3 is 3.17 bits per heavy atom. The van der Waals surface area contributed by atoms with E-state index in [0.29, 0.717) is 5.92 Å². The second kappa shape index (κ2) is 6.34. The Bertz CT molecular complexity index is 830. The molecule has 1 atom stereocenters. The van der Waals surface area contributed by atoms with Gasteiger partial charge in [-0.1, -0.05) is 34.1 Å². The van der Waals surface area contributed by atoms with Gasteiger partial charge in [0, 0.05) is 29.7 Å². The number of rotatable bonds is 4. The van der Waals surface area contributed by atoms with E-state index in [1.165, 1.54) is 11.3 Å². The first-order chi connectivity index (χ1) is 11.3. The molecule has 5 heteroatoms. The van der Waals surface area contributed by atoms with Crippen LogP contribution in [0.1, 0.15) is 11.3 Å². The highest BCUT2D eigenvalue weighted by Gasteiger charge is 2.19. The van der Waals surface area contributed by atoms with Crippen molar-refractivity contribution in [3.05, 3.63) is 64.5 Å². The number of halogens is 1. The van der Waals surface area contributed by atoms with Crippen LogP contribution in [0.15, 0.2) is 53.3 Å². The lowest BCUT2D eigenvalue weighted by Gasteiger charge is -2.25. The maximum Gasteiger partial charge on any atom is 0.138 e. The summed E-state index contributed by atoms with van der Waals surface area (Å²) in [7, 11) is 0. The lowest BCUT2D eigenvalue weighted by atomic mass is 9.97. The van der Waals surface area contributed by atoms with Crippen molar-refractivity contribution in [1.82, 2.24) is 14.7 Å². The number of pyridine rings is 1. The summed E-state index contributed by atoms with van der Waals surface area (Å²) >= 11 is 3.48. The van der Waals surface area contributed by atoms with Gasteiger partial charge in [0.15, 0.2) is 0 Å². The van der Waals surface area contributed by atoms with Crippen LogP contribution in [-0.4, -0.2) is 22.5 Å². The lowest BCUT2D eigenvalue weighted by molar-refractivity contribution is 0.218. The van der Waals surface area contributed by atoms with E-state index in [-0.39, 0.29) is 0 Å². The van der Waals surface area contributed by atoms with Crippen LogP contribution in [0.5, 0.6) is 5.75 Å². The summed E-state index contributed by atoms with van der Waals surface area (Å²) in [5.74, 6) is 1.55. The molecule has 3 aromatic rings. The van der Waals surface area contributed by atoms with Crippen LogP contribution in [0, 0.1) is 5.92 Å². The number of nitrogens with one attached hydrogen (secondary N) is 1. The van der Waals surface area contributed by atoms with Crippen LogP contribution in [0.2, 0.25) is 0 Å². The molecule has 0 bridgehead atoms.